The molecular formula is C11H18N2OS. The number of aromatic nitrogens is 1. The molecule has 0 spiro atoms. The molecule has 1 saturated heterocycles. The van der Waals surface area contributed by atoms with E-state index in [0.29, 0.717) is 12.6 Å². The van der Waals surface area contributed by atoms with Gasteiger partial charge in [0.15, 0.2) is 0 Å². The number of nitrogens with one attached hydrogen (secondary N) is 1. The predicted octanol–water partition coefficient (Wildman–Crippen LogP) is 2.49. The van der Waals surface area contributed by atoms with E-state index in [0.717, 1.165) is 24.6 Å². The first-order valence-corrected chi connectivity index (χ1v) is 6.53. The van der Waals surface area contributed by atoms with Crippen molar-refractivity contribution in [1.82, 2.24) is 10.3 Å². The van der Waals surface area contributed by atoms with Crippen LogP contribution in [0.15, 0.2) is 5.38 Å². The minimum Gasteiger partial charge on any atom is -0.374 e. The van der Waals surface area contributed by atoms with Gasteiger partial charge in [0.05, 0.1) is 18.3 Å². The standard InChI is InChI=1S/C11H18N2OS/c1-2-6-14-7-11-13-10(8-15-11)9-4-3-5-12-9/h8-9,12H,2-7H2,1H3/t9-/m0/s1. The van der Waals surface area contributed by atoms with Gasteiger partial charge in [-0.1, -0.05) is 6.92 Å². The van der Waals surface area contributed by atoms with Crippen molar-refractivity contribution in [3.8, 4) is 0 Å². The Morgan fingerprint density at radius 2 is 2.60 bits per heavy atom. The van der Waals surface area contributed by atoms with Gasteiger partial charge in [0.25, 0.3) is 0 Å². The Bertz CT molecular complexity index is 295. The van der Waals surface area contributed by atoms with Gasteiger partial charge in [-0.2, -0.15) is 0 Å². The van der Waals surface area contributed by atoms with E-state index in [-0.39, 0.29) is 0 Å². The quantitative estimate of drug-likeness (QED) is 0.783. The number of ether oxygens (including phenoxy) is 1. The van der Waals surface area contributed by atoms with Crippen LogP contribution in [-0.4, -0.2) is 18.1 Å². The molecular weight excluding hydrogens is 208 g/mol. The van der Waals surface area contributed by atoms with Crippen LogP contribution in [0.1, 0.15) is 42.9 Å². The molecule has 4 heteroatoms. The Morgan fingerprint density at radius 3 is 3.33 bits per heavy atom. The highest BCUT2D eigenvalue weighted by atomic mass is 32.1. The molecule has 0 radical (unpaired) electrons. The third-order valence-electron chi connectivity index (χ3n) is 2.56. The highest BCUT2D eigenvalue weighted by Crippen LogP contribution is 2.24. The van der Waals surface area contributed by atoms with Gasteiger partial charge in [0.1, 0.15) is 5.01 Å². The van der Waals surface area contributed by atoms with Crippen LogP contribution in [0.5, 0.6) is 0 Å². The molecule has 0 aliphatic carbocycles. The fourth-order valence-electron chi connectivity index (χ4n) is 1.79. The van der Waals surface area contributed by atoms with Crippen molar-refractivity contribution < 1.29 is 4.74 Å². The maximum atomic E-state index is 5.47. The Kier molecular flexibility index (Phi) is 4.11. The predicted molar refractivity (Wildman–Crippen MR) is 62.0 cm³/mol. The summed E-state index contributed by atoms with van der Waals surface area (Å²) in [5.74, 6) is 0. The van der Waals surface area contributed by atoms with Crippen LogP contribution in [0.3, 0.4) is 0 Å². The molecule has 0 amide bonds. The Labute approximate surface area is 94.9 Å². The lowest BCUT2D eigenvalue weighted by Crippen LogP contribution is -2.13. The number of thiazole rings is 1. The second-order valence-electron chi connectivity index (χ2n) is 3.87. The molecule has 1 aliphatic heterocycles. The molecule has 3 nitrogen and oxygen atoms in total. The Balaban J connectivity index is 1.86. The molecule has 2 heterocycles. The summed E-state index contributed by atoms with van der Waals surface area (Å²) in [6.07, 6.45) is 3.56. The van der Waals surface area contributed by atoms with Crippen molar-refractivity contribution in [2.24, 2.45) is 0 Å². The topological polar surface area (TPSA) is 34.1 Å². The van der Waals surface area contributed by atoms with E-state index >= 15 is 0 Å². The Hall–Kier alpha value is -0.450. The highest BCUT2D eigenvalue weighted by Gasteiger charge is 2.18. The molecule has 0 bridgehead atoms. The molecule has 1 fully saturated rings. The average molecular weight is 226 g/mol. The first-order chi connectivity index (χ1) is 7.40. The molecule has 0 saturated carbocycles. The van der Waals surface area contributed by atoms with Crippen LogP contribution < -0.4 is 5.32 Å². The zero-order chi connectivity index (χ0) is 10.5. The fourth-order valence-corrected chi connectivity index (χ4v) is 2.58. The van der Waals surface area contributed by atoms with Crippen LogP contribution in [0.4, 0.5) is 0 Å². The zero-order valence-corrected chi connectivity index (χ0v) is 9.98. The van der Waals surface area contributed by atoms with Crippen molar-refractivity contribution in [1.29, 1.82) is 0 Å². The van der Waals surface area contributed by atoms with E-state index in [1.165, 1.54) is 18.5 Å². The smallest absolute Gasteiger partial charge is 0.119 e. The zero-order valence-electron chi connectivity index (χ0n) is 9.16. The minimum atomic E-state index is 0.487. The lowest BCUT2D eigenvalue weighted by Gasteiger charge is -2.05. The molecule has 1 N–H and O–H groups in total. The lowest BCUT2D eigenvalue weighted by molar-refractivity contribution is 0.121. The highest BCUT2D eigenvalue weighted by molar-refractivity contribution is 7.09. The van der Waals surface area contributed by atoms with Crippen LogP contribution in [0.25, 0.3) is 0 Å². The van der Waals surface area contributed by atoms with Crippen molar-refractivity contribution >= 4 is 11.3 Å². The second-order valence-corrected chi connectivity index (χ2v) is 4.81. The summed E-state index contributed by atoms with van der Waals surface area (Å²) >= 11 is 1.71. The Morgan fingerprint density at radius 1 is 1.67 bits per heavy atom. The van der Waals surface area contributed by atoms with E-state index in [1.54, 1.807) is 11.3 Å². The molecule has 1 aromatic heterocycles. The first-order valence-electron chi connectivity index (χ1n) is 5.65. The molecule has 0 aromatic carbocycles. The molecule has 1 aliphatic rings. The molecule has 0 unspecified atom stereocenters. The van der Waals surface area contributed by atoms with Crippen molar-refractivity contribution in [2.75, 3.05) is 13.2 Å². The third-order valence-corrected chi connectivity index (χ3v) is 3.40. The van der Waals surface area contributed by atoms with Gasteiger partial charge < -0.3 is 10.1 Å². The summed E-state index contributed by atoms with van der Waals surface area (Å²) in [7, 11) is 0. The van der Waals surface area contributed by atoms with Gasteiger partial charge >= 0.3 is 0 Å². The number of hydrogen-bond donors (Lipinski definition) is 1. The molecule has 1 aromatic rings. The van der Waals surface area contributed by atoms with Crippen molar-refractivity contribution in [3.63, 3.8) is 0 Å². The average Bonchev–Trinajstić information content (AvgIpc) is 2.87. The van der Waals surface area contributed by atoms with Gasteiger partial charge in [0.2, 0.25) is 0 Å². The van der Waals surface area contributed by atoms with Gasteiger partial charge in [-0.3, -0.25) is 0 Å². The normalized spacial score (nSPS) is 21.0. The SMILES string of the molecule is CCCOCc1nc([C@@H]2CCCN2)cs1. The van der Waals surface area contributed by atoms with E-state index in [1.807, 2.05) is 0 Å². The maximum absolute atomic E-state index is 5.47. The van der Waals surface area contributed by atoms with E-state index < -0.39 is 0 Å². The lowest BCUT2D eigenvalue weighted by atomic mass is 10.2. The van der Waals surface area contributed by atoms with Crippen molar-refractivity contribution in [2.45, 2.75) is 38.8 Å². The van der Waals surface area contributed by atoms with Gasteiger partial charge in [-0.05, 0) is 25.8 Å². The second kappa shape index (κ2) is 5.58. The fraction of sp³-hybridized carbons (Fsp3) is 0.727. The van der Waals surface area contributed by atoms with Crippen LogP contribution in [-0.2, 0) is 11.3 Å². The number of hydrogen-bond acceptors (Lipinski definition) is 4. The summed E-state index contributed by atoms with van der Waals surface area (Å²) in [5, 5.41) is 6.72. The summed E-state index contributed by atoms with van der Waals surface area (Å²) in [6, 6.07) is 0.487. The van der Waals surface area contributed by atoms with Crippen LogP contribution in [0.2, 0.25) is 0 Å². The van der Waals surface area contributed by atoms with Gasteiger partial charge in [0, 0.05) is 12.0 Å². The third kappa shape index (κ3) is 3.00. The van der Waals surface area contributed by atoms with Gasteiger partial charge in [-0.25, -0.2) is 4.98 Å². The molecule has 15 heavy (non-hydrogen) atoms. The van der Waals surface area contributed by atoms with Crippen molar-refractivity contribution in [3.05, 3.63) is 16.1 Å². The first kappa shape index (κ1) is 11.0. The number of rotatable bonds is 5. The van der Waals surface area contributed by atoms with Crippen LogP contribution in [0, 0.1) is 0 Å². The summed E-state index contributed by atoms with van der Waals surface area (Å²) in [4.78, 5) is 4.60. The van der Waals surface area contributed by atoms with E-state index in [4.69, 9.17) is 4.74 Å². The summed E-state index contributed by atoms with van der Waals surface area (Å²) in [5.41, 5.74) is 1.20. The van der Waals surface area contributed by atoms with E-state index in [9.17, 15) is 0 Å². The monoisotopic (exact) mass is 226 g/mol. The maximum Gasteiger partial charge on any atom is 0.119 e. The molecule has 84 valence electrons. The molecule has 1 atom stereocenters. The number of nitrogens with zero attached hydrogens (tertiary/aromatic N) is 1. The summed E-state index contributed by atoms with van der Waals surface area (Å²) < 4.78 is 5.47. The minimum absolute atomic E-state index is 0.487. The van der Waals surface area contributed by atoms with Crippen LogP contribution >= 0.6 is 11.3 Å². The van der Waals surface area contributed by atoms with E-state index in [2.05, 4.69) is 22.6 Å². The molecule has 2 rings (SSSR count). The summed E-state index contributed by atoms with van der Waals surface area (Å²) in [6.45, 7) is 4.75. The largest absolute Gasteiger partial charge is 0.374 e. The van der Waals surface area contributed by atoms with Gasteiger partial charge in [-0.15, -0.1) is 11.3 Å².